The Kier molecular flexibility index (Phi) is 3.90. The number of ether oxygens (including phenoxy) is 2. The molecular formula is C17H18FNO2. The minimum absolute atomic E-state index is 0.116. The van der Waals surface area contributed by atoms with Crippen LogP contribution in [0, 0.1) is 5.82 Å². The van der Waals surface area contributed by atoms with Crippen molar-refractivity contribution in [2.75, 3.05) is 7.11 Å². The van der Waals surface area contributed by atoms with Crippen molar-refractivity contribution < 1.29 is 13.9 Å². The minimum Gasteiger partial charge on any atom is -0.485 e. The zero-order chi connectivity index (χ0) is 14.8. The lowest BCUT2D eigenvalue weighted by molar-refractivity contribution is 0.160. The fourth-order valence-corrected chi connectivity index (χ4v) is 2.73. The lowest BCUT2D eigenvalue weighted by Crippen LogP contribution is -2.24. The molecule has 1 aliphatic heterocycles. The molecule has 2 aromatic carbocycles. The fourth-order valence-electron chi connectivity index (χ4n) is 2.73. The summed E-state index contributed by atoms with van der Waals surface area (Å²) in [5, 5.41) is 0. The molecule has 0 aromatic heterocycles. The Bertz CT molecular complexity index is 644. The van der Waals surface area contributed by atoms with Gasteiger partial charge in [0.25, 0.3) is 0 Å². The SMILES string of the molecule is COCc1cccc(C2C[C@H](N)c3cc(F)ccc3O2)c1. The summed E-state index contributed by atoms with van der Waals surface area (Å²) < 4.78 is 24.4. The smallest absolute Gasteiger partial charge is 0.126 e. The van der Waals surface area contributed by atoms with Crippen LogP contribution in [0.15, 0.2) is 42.5 Å². The van der Waals surface area contributed by atoms with Crippen molar-refractivity contribution in [3.8, 4) is 5.75 Å². The Labute approximate surface area is 123 Å². The molecule has 1 unspecified atom stereocenters. The number of methoxy groups -OCH3 is 1. The van der Waals surface area contributed by atoms with E-state index in [9.17, 15) is 4.39 Å². The standard InChI is InChI=1S/C17H18FNO2/c1-20-10-11-3-2-4-12(7-11)17-9-15(19)14-8-13(18)5-6-16(14)21-17/h2-8,15,17H,9-10,19H2,1H3/t15-,17?/m0/s1. The number of rotatable bonds is 3. The number of halogens is 1. The molecule has 3 rings (SSSR count). The number of fused-ring (bicyclic) bond motifs is 1. The predicted octanol–water partition coefficient (Wildman–Crippen LogP) is 3.50. The molecule has 2 N–H and O–H groups in total. The van der Waals surface area contributed by atoms with Gasteiger partial charge in [-0.25, -0.2) is 4.39 Å². The lowest BCUT2D eigenvalue weighted by Gasteiger charge is -2.30. The molecule has 1 heterocycles. The van der Waals surface area contributed by atoms with E-state index >= 15 is 0 Å². The van der Waals surface area contributed by atoms with Gasteiger partial charge in [0.2, 0.25) is 0 Å². The van der Waals surface area contributed by atoms with Gasteiger partial charge in [0.15, 0.2) is 0 Å². The Morgan fingerprint density at radius 3 is 2.95 bits per heavy atom. The van der Waals surface area contributed by atoms with E-state index in [4.69, 9.17) is 15.2 Å². The monoisotopic (exact) mass is 287 g/mol. The number of benzene rings is 2. The number of nitrogens with two attached hydrogens (primary N) is 1. The van der Waals surface area contributed by atoms with Crippen molar-refractivity contribution in [1.82, 2.24) is 0 Å². The minimum atomic E-state index is -0.284. The zero-order valence-electron chi connectivity index (χ0n) is 11.9. The molecular weight excluding hydrogens is 269 g/mol. The van der Waals surface area contributed by atoms with Gasteiger partial charge < -0.3 is 15.2 Å². The van der Waals surface area contributed by atoms with Crippen LogP contribution >= 0.6 is 0 Å². The molecule has 1 aliphatic rings. The molecule has 110 valence electrons. The molecule has 0 radical (unpaired) electrons. The number of hydrogen-bond donors (Lipinski definition) is 1. The second kappa shape index (κ2) is 5.84. The van der Waals surface area contributed by atoms with Gasteiger partial charge in [-0.15, -0.1) is 0 Å². The zero-order valence-corrected chi connectivity index (χ0v) is 11.9. The summed E-state index contributed by atoms with van der Waals surface area (Å²) in [7, 11) is 1.67. The van der Waals surface area contributed by atoms with E-state index in [0.717, 1.165) is 16.7 Å². The largest absolute Gasteiger partial charge is 0.485 e. The molecule has 0 amide bonds. The van der Waals surface area contributed by atoms with Gasteiger partial charge in [-0.1, -0.05) is 18.2 Å². The predicted molar refractivity (Wildman–Crippen MR) is 78.5 cm³/mol. The highest BCUT2D eigenvalue weighted by Gasteiger charge is 2.27. The van der Waals surface area contributed by atoms with Crippen molar-refractivity contribution in [3.05, 3.63) is 65.0 Å². The summed E-state index contributed by atoms with van der Waals surface area (Å²) in [6.07, 6.45) is 0.516. The molecule has 0 aliphatic carbocycles. The average Bonchev–Trinajstić information content (AvgIpc) is 2.48. The Morgan fingerprint density at radius 2 is 2.14 bits per heavy atom. The van der Waals surface area contributed by atoms with Gasteiger partial charge in [-0.05, 0) is 35.4 Å². The highest BCUT2D eigenvalue weighted by Crippen LogP contribution is 2.39. The van der Waals surface area contributed by atoms with Crippen LogP contribution in [0.3, 0.4) is 0 Å². The van der Waals surface area contributed by atoms with Crippen molar-refractivity contribution in [2.45, 2.75) is 25.2 Å². The van der Waals surface area contributed by atoms with E-state index in [1.54, 1.807) is 13.2 Å². The van der Waals surface area contributed by atoms with Crippen molar-refractivity contribution >= 4 is 0 Å². The van der Waals surface area contributed by atoms with Crippen LogP contribution in [0.1, 0.15) is 35.3 Å². The Hall–Kier alpha value is -1.91. The highest BCUT2D eigenvalue weighted by atomic mass is 19.1. The van der Waals surface area contributed by atoms with Gasteiger partial charge in [0.1, 0.15) is 17.7 Å². The van der Waals surface area contributed by atoms with Crippen LogP contribution in [0.25, 0.3) is 0 Å². The maximum Gasteiger partial charge on any atom is 0.126 e. The van der Waals surface area contributed by atoms with Crippen molar-refractivity contribution in [1.29, 1.82) is 0 Å². The van der Waals surface area contributed by atoms with Crippen LogP contribution in [-0.2, 0) is 11.3 Å². The Balaban J connectivity index is 1.88. The van der Waals surface area contributed by atoms with Gasteiger partial charge in [0, 0.05) is 25.1 Å². The molecule has 2 aromatic rings. The fraction of sp³-hybridized carbons (Fsp3) is 0.294. The van der Waals surface area contributed by atoms with E-state index < -0.39 is 0 Å². The average molecular weight is 287 g/mol. The molecule has 0 fully saturated rings. The third kappa shape index (κ3) is 2.91. The highest BCUT2D eigenvalue weighted by molar-refractivity contribution is 5.40. The second-order valence-electron chi connectivity index (χ2n) is 5.31. The van der Waals surface area contributed by atoms with Crippen molar-refractivity contribution in [3.63, 3.8) is 0 Å². The molecule has 3 nitrogen and oxygen atoms in total. The summed E-state index contributed by atoms with van der Waals surface area (Å²) in [6.45, 7) is 0.564. The van der Waals surface area contributed by atoms with E-state index in [1.165, 1.54) is 12.1 Å². The van der Waals surface area contributed by atoms with Crippen LogP contribution in [0.2, 0.25) is 0 Å². The molecule has 21 heavy (non-hydrogen) atoms. The summed E-state index contributed by atoms with van der Waals surface area (Å²) in [4.78, 5) is 0. The Morgan fingerprint density at radius 1 is 1.29 bits per heavy atom. The van der Waals surface area contributed by atoms with Crippen LogP contribution < -0.4 is 10.5 Å². The molecule has 0 saturated carbocycles. The first-order valence-electron chi connectivity index (χ1n) is 6.97. The topological polar surface area (TPSA) is 44.5 Å². The van der Waals surface area contributed by atoms with Crippen molar-refractivity contribution in [2.24, 2.45) is 5.73 Å². The van der Waals surface area contributed by atoms with Gasteiger partial charge >= 0.3 is 0 Å². The van der Waals surface area contributed by atoms with E-state index in [-0.39, 0.29) is 18.0 Å². The summed E-state index contributed by atoms with van der Waals surface area (Å²) >= 11 is 0. The molecule has 0 spiro atoms. The van der Waals surface area contributed by atoms with E-state index in [0.29, 0.717) is 18.8 Å². The second-order valence-corrected chi connectivity index (χ2v) is 5.31. The van der Waals surface area contributed by atoms with E-state index in [2.05, 4.69) is 6.07 Å². The lowest BCUT2D eigenvalue weighted by atomic mass is 9.93. The van der Waals surface area contributed by atoms with Crippen LogP contribution in [0.4, 0.5) is 4.39 Å². The summed E-state index contributed by atoms with van der Waals surface area (Å²) in [5.74, 6) is 0.380. The van der Waals surface area contributed by atoms with Crippen LogP contribution in [0.5, 0.6) is 5.75 Å². The molecule has 0 saturated heterocycles. The van der Waals surface area contributed by atoms with Gasteiger partial charge in [0.05, 0.1) is 6.61 Å². The third-order valence-electron chi connectivity index (χ3n) is 3.74. The first-order valence-corrected chi connectivity index (χ1v) is 6.97. The maximum absolute atomic E-state index is 13.3. The summed E-state index contributed by atoms with van der Waals surface area (Å²) in [5.41, 5.74) is 9.06. The van der Waals surface area contributed by atoms with E-state index in [1.807, 2.05) is 18.2 Å². The normalized spacial score (nSPS) is 20.7. The first-order chi connectivity index (χ1) is 10.2. The quantitative estimate of drug-likeness (QED) is 0.939. The van der Waals surface area contributed by atoms with Crippen LogP contribution in [-0.4, -0.2) is 7.11 Å². The summed E-state index contributed by atoms with van der Waals surface area (Å²) in [6, 6.07) is 12.4. The van der Waals surface area contributed by atoms with Gasteiger partial charge in [-0.3, -0.25) is 0 Å². The maximum atomic E-state index is 13.3. The third-order valence-corrected chi connectivity index (χ3v) is 3.74. The molecule has 2 atom stereocenters. The molecule has 0 bridgehead atoms. The number of hydrogen-bond acceptors (Lipinski definition) is 3. The van der Waals surface area contributed by atoms with Gasteiger partial charge in [-0.2, -0.15) is 0 Å². The molecule has 4 heteroatoms. The first kappa shape index (κ1) is 14.0.